The molecule has 0 saturated carbocycles. The second-order valence-electron chi connectivity index (χ2n) is 4.77. The summed E-state index contributed by atoms with van der Waals surface area (Å²) in [5, 5.41) is 8.88. The number of imide groups is 1. The molecule has 0 saturated heterocycles. The van der Waals surface area contributed by atoms with Gasteiger partial charge in [0.25, 0.3) is 11.8 Å². The van der Waals surface area contributed by atoms with Gasteiger partial charge in [-0.25, -0.2) is 4.90 Å². The number of fused-ring (bicyclic) bond motifs is 1. The first-order chi connectivity index (χ1) is 10.0. The number of hydrogen-bond donors (Lipinski definition) is 0. The van der Waals surface area contributed by atoms with E-state index in [0.29, 0.717) is 26.9 Å². The van der Waals surface area contributed by atoms with Crippen LogP contribution < -0.4 is 4.90 Å². The summed E-state index contributed by atoms with van der Waals surface area (Å²) in [5.41, 5.74) is 2.64. The van der Waals surface area contributed by atoms with Crippen LogP contribution in [0.3, 0.4) is 0 Å². The molecule has 1 heterocycles. The molecule has 5 heteroatoms. The fourth-order valence-corrected chi connectivity index (χ4v) is 2.89. The minimum Gasteiger partial charge on any atom is -0.268 e. The Hall–Kier alpha value is -2.45. The van der Waals surface area contributed by atoms with Gasteiger partial charge in [0.1, 0.15) is 0 Å². The van der Waals surface area contributed by atoms with Crippen molar-refractivity contribution in [2.24, 2.45) is 0 Å². The zero-order chi connectivity index (χ0) is 15.1. The monoisotopic (exact) mass is 340 g/mol. The van der Waals surface area contributed by atoms with E-state index < -0.39 is 0 Å². The number of rotatable bonds is 1. The molecule has 0 atom stereocenters. The molecule has 1 aliphatic rings. The number of benzene rings is 2. The third-order valence-corrected chi connectivity index (χ3v) is 3.99. The van der Waals surface area contributed by atoms with E-state index in [0.717, 1.165) is 10.5 Å². The van der Waals surface area contributed by atoms with Gasteiger partial charge in [0.15, 0.2) is 0 Å². The van der Waals surface area contributed by atoms with Gasteiger partial charge >= 0.3 is 0 Å². The lowest BCUT2D eigenvalue weighted by atomic mass is 10.1. The highest BCUT2D eigenvalue weighted by Crippen LogP contribution is 2.34. The van der Waals surface area contributed by atoms with Crippen molar-refractivity contribution in [2.45, 2.75) is 6.92 Å². The number of nitrogens with zero attached hydrogens (tertiary/aromatic N) is 2. The summed E-state index contributed by atoms with van der Waals surface area (Å²) in [6, 6.07) is 12.0. The lowest BCUT2D eigenvalue weighted by Crippen LogP contribution is -2.29. The normalized spacial score (nSPS) is 13.3. The average Bonchev–Trinajstić information content (AvgIpc) is 2.71. The predicted molar refractivity (Wildman–Crippen MR) is 81.2 cm³/mol. The Balaban J connectivity index is 2.12. The van der Waals surface area contributed by atoms with E-state index in [1.165, 1.54) is 0 Å². The summed E-state index contributed by atoms with van der Waals surface area (Å²) in [7, 11) is 0. The first-order valence-corrected chi connectivity index (χ1v) is 7.01. The average molecular weight is 341 g/mol. The van der Waals surface area contributed by atoms with Crippen LogP contribution in [0.1, 0.15) is 31.8 Å². The molecule has 0 spiro atoms. The van der Waals surface area contributed by atoms with E-state index in [2.05, 4.69) is 15.9 Å². The maximum absolute atomic E-state index is 12.5. The Morgan fingerprint density at radius 3 is 2.43 bits per heavy atom. The Morgan fingerprint density at radius 1 is 1.05 bits per heavy atom. The molecular weight excluding hydrogens is 332 g/mol. The lowest BCUT2D eigenvalue weighted by molar-refractivity contribution is 0.0926. The Kier molecular flexibility index (Phi) is 3.11. The summed E-state index contributed by atoms with van der Waals surface area (Å²) < 4.78 is 0.535. The van der Waals surface area contributed by atoms with Crippen LogP contribution >= 0.6 is 15.9 Å². The highest BCUT2D eigenvalue weighted by Gasteiger charge is 2.37. The van der Waals surface area contributed by atoms with E-state index in [9.17, 15) is 9.59 Å². The number of amides is 2. The topological polar surface area (TPSA) is 61.2 Å². The number of anilines is 1. The standard InChI is InChI=1S/C16H9BrN2O2/c1-9-2-4-11-12(6-9)16(21)19(15(11)20)14-5-3-10(8-18)7-13(14)17/h2-7H,1H3. The number of carbonyl (C=O) groups is 2. The van der Waals surface area contributed by atoms with Gasteiger partial charge in [0, 0.05) is 4.47 Å². The van der Waals surface area contributed by atoms with Crippen molar-refractivity contribution in [3.05, 3.63) is 63.1 Å². The van der Waals surface area contributed by atoms with Crippen LogP contribution in [0.2, 0.25) is 0 Å². The minimum atomic E-state index is -0.347. The van der Waals surface area contributed by atoms with Crippen LogP contribution in [0.25, 0.3) is 0 Å². The highest BCUT2D eigenvalue weighted by molar-refractivity contribution is 9.10. The predicted octanol–water partition coefficient (Wildman–Crippen LogP) is 3.43. The van der Waals surface area contributed by atoms with E-state index in [1.54, 1.807) is 36.4 Å². The quantitative estimate of drug-likeness (QED) is 0.747. The van der Waals surface area contributed by atoms with E-state index in [1.807, 2.05) is 13.0 Å². The van der Waals surface area contributed by atoms with Crippen molar-refractivity contribution in [3.63, 3.8) is 0 Å². The number of aryl methyl sites for hydroxylation is 1. The molecule has 0 bridgehead atoms. The SMILES string of the molecule is Cc1ccc2c(c1)C(=O)N(c1ccc(C#N)cc1Br)C2=O. The van der Waals surface area contributed by atoms with Crippen molar-refractivity contribution < 1.29 is 9.59 Å². The number of nitriles is 1. The van der Waals surface area contributed by atoms with Crippen LogP contribution in [0, 0.1) is 18.3 Å². The zero-order valence-electron chi connectivity index (χ0n) is 11.1. The summed E-state index contributed by atoms with van der Waals surface area (Å²) in [6.45, 7) is 1.87. The van der Waals surface area contributed by atoms with Gasteiger partial charge in [0.05, 0.1) is 28.4 Å². The minimum absolute atomic E-state index is 0.343. The van der Waals surface area contributed by atoms with Crippen molar-refractivity contribution in [3.8, 4) is 6.07 Å². The molecule has 2 amide bonds. The van der Waals surface area contributed by atoms with Gasteiger partial charge < -0.3 is 0 Å². The van der Waals surface area contributed by atoms with Gasteiger partial charge in [-0.15, -0.1) is 0 Å². The Morgan fingerprint density at radius 2 is 1.76 bits per heavy atom. The van der Waals surface area contributed by atoms with Crippen molar-refractivity contribution >= 4 is 33.4 Å². The Bertz CT molecular complexity index is 837. The molecule has 0 aromatic heterocycles. The second-order valence-corrected chi connectivity index (χ2v) is 5.63. The molecule has 4 nitrogen and oxygen atoms in total. The fourth-order valence-electron chi connectivity index (χ4n) is 2.33. The van der Waals surface area contributed by atoms with Crippen LogP contribution in [-0.4, -0.2) is 11.8 Å². The molecule has 0 unspecified atom stereocenters. The maximum atomic E-state index is 12.5. The van der Waals surface area contributed by atoms with E-state index in [4.69, 9.17) is 5.26 Å². The molecule has 0 N–H and O–H groups in total. The van der Waals surface area contributed by atoms with E-state index in [-0.39, 0.29) is 11.8 Å². The molecule has 1 aliphatic heterocycles. The highest BCUT2D eigenvalue weighted by atomic mass is 79.9. The van der Waals surface area contributed by atoms with Crippen LogP contribution in [0.5, 0.6) is 0 Å². The largest absolute Gasteiger partial charge is 0.268 e. The third-order valence-electron chi connectivity index (χ3n) is 3.36. The van der Waals surface area contributed by atoms with Crippen molar-refractivity contribution in [2.75, 3.05) is 4.90 Å². The molecule has 3 rings (SSSR count). The number of hydrogen-bond acceptors (Lipinski definition) is 3. The van der Waals surface area contributed by atoms with Crippen molar-refractivity contribution in [1.29, 1.82) is 5.26 Å². The van der Waals surface area contributed by atoms with Crippen LogP contribution in [0.4, 0.5) is 5.69 Å². The molecule has 102 valence electrons. The summed E-state index contributed by atoms with van der Waals surface area (Å²) >= 11 is 3.31. The number of halogens is 1. The first kappa shape index (κ1) is 13.5. The van der Waals surface area contributed by atoms with Crippen LogP contribution in [-0.2, 0) is 0 Å². The molecule has 0 radical (unpaired) electrons. The second kappa shape index (κ2) is 4.83. The smallest absolute Gasteiger partial charge is 0.266 e. The van der Waals surface area contributed by atoms with Gasteiger partial charge in [-0.2, -0.15) is 5.26 Å². The Labute approximate surface area is 129 Å². The fraction of sp³-hybridized carbons (Fsp3) is 0.0625. The van der Waals surface area contributed by atoms with Gasteiger partial charge in [-0.05, 0) is 53.2 Å². The molecule has 0 fully saturated rings. The molecule has 0 aliphatic carbocycles. The first-order valence-electron chi connectivity index (χ1n) is 6.22. The summed E-state index contributed by atoms with van der Waals surface area (Å²) in [6.07, 6.45) is 0. The molecule has 2 aromatic carbocycles. The van der Waals surface area contributed by atoms with Crippen molar-refractivity contribution in [1.82, 2.24) is 0 Å². The van der Waals surface area contributed by atoms with Crippen LogP contribution in [0.15, 0.2) is 40.9 Å². The van der Waals surface area contributed by atoms with Gasteiger partial charge in [-0.1, -0.05) is 11.6 Å². The maximum Gasteiger partial charge on any atom is 0.266 e. The van der Waals surface area contributed by atoms with Gasteiger partial charge in [0.2, 0.25) is 0 Å². The summed E-state index contributed by atoms with van der Waals surface area (Å²) in [5.74, 6) is -0.690. The third kappa shape index (κ3) is 2.05. The van der Waals surface area contributed by atoms with Gasteiger partial charge in [-0.3, -0.25) is 9.59 Å². The molecule has 21 heavy (non-hydrogen) atoms. The van der Waals surface area contributed by atoms with E-state index >= 15 is 0 Å². The lowest BCUT2D eigenvalue weighted by Gasteiger charge is -2.15. The summed E-state index contributed by atoms with van der Waals surface area (Å²) in [4.78, 5) is 26.1. The number of carbonyl (C=O) groups excluding carboxylic acids is 2. The molecule has 2 aromatic rings. The zero-order valence-corrected chi connectivity index (χ0v) is 12.6. The molecular formula is C16H9BrN2O2.